The van der Waals surface area contributed by atoms with Crippen molar-refractivity contribution in [1.29, 1.82) is 0 Å². The molecule has 0 spiro atoms. The van der Waals surface area contributed by atoms with E-state index in [1.54, 1.807) is 0 Å². The summed E-state index contributed by atoms with van der Waals surface area (Å²) in [5.41, 5.74) is 0. The molecule has 16 heteroatoms. The summed E-state index contributed by atoms with van der Waals surface area (Å²) >= 11 is 5.77. The predicted octanol–water partition coefficient (Wildman–Crippen LogP) is 20.3. The molecule has 0 saturated heterocycles. The van der Waals surface area contributed by atoms with Gasteiger partial charge < -0.3 is 28.0 Å². The Morgan fingerprint density at radius 1 is 0.243 bits per heavy atom. The molecule has 0 aliphatic heterocycles. The quantitative estimate of drug-likeness (QED) is 0.0248. The maximum absolute atomic E-state index is 12.7. The van der Waals surface area contributed by atoms with E-state index >= 15 is 0 Å². The van der Waals surface area contributed by atoms with Crippen LogP contribution in [0, 0.1) is 0 Å². The number of hydrogen-bond acceptors (Lipinski definition) is 14. The largest absolute Gasteiger partial charge is 0.465 e. The fraction of sp³-hybridized carbons (Fsp3) is 0.931. The fourth-order valence-corrected chi connectivity index (χ4v) is 18.2. The van der Waals surface area contributed by atoms with Crippen LogP contribution in [-0.2, 0) is 47.2 Å². The van der Waals surface area contributed by atoms with Gasteiger partial charge in [0.05, 0.1) is 62.7 Å². The standard InChI is InChI=1S/C58H112O10P2S4/c1-5-9-13-17-21-25-29-33-39-45-63-55(59)51-71-69(72-52-56(60)64-46-40-34-30-26-22-18-14-10-6-2)67-49-43-37-38-44-50-68-70(73-53-57(61)65-47-41-35-31-27-23-19-15-11-7-3)74-54-58(62)66-48-42-36-32-28-24-20-16-12-8-4/h5-54H2,1-4H3. The van der Waals surface area contributed by atoms with Crippen molar-refractivity contribution >= 4 is 82.5 Å². The van der Waals surface area contributed by atoms with Gasteiger partial charge in [-0.1, -0.05) is 292 Å². The summed E-state index contributed by atoms with van der Waals surface area (Å²) in [5, 5.41) is 0. The molecule has 438 valence electrons. The first kappa shape index (κ1) is 74.1. The van der Waals surface area contributed by atoms with Gasteiger partial charge in [-0.25, -0.2) is 0 Å². The summed E-state index contributed by atoms with van der Waals surface area (Å²) in [5.74, 6) is -0.107. The smallest absolute Gasteiger partial charge is 0.316 e. The molecule has 0 aromatic carbocycles. The zero-order valence-corrected chi connectivity index (χ0v) is 53.0. The average Bonchev–Trinajstić information content (AvgIpc) is 3.40. The van der Waals surface area contributed by atoms with Crippen LogP contribution in [0.4, 0.5) is 0 Å². The van der Waals surface area contributed by atoms with Gasteiger partial charge in [-0.15, -0.1) is 0 Å². The van der Waals surface area contributed by atoms with Crippen LogP contribution in [0.25, 0.3) is 0 Å². The maximum atomic E-state index is 12.7. The van der Waals surface area contributed by atoms with E-state index in [0.717, 1.165) is 77.0 Å². The van der Waals surface area contributed by atoms with E-state index < -0.39 is 13.1 Å². The number of unbranched alkanes of at least 4 members (excludes halogenated alkanes) is 35. The third kappa shape index (κ3) is 58.2. The summed E-state index contributed by atoms with van der Waals surface area (Å²) in [4.78, 5) is 50.7. The monoisotopic (exact) mass is 1160 g/mol. The molecule has 0 N–H and O–H groups in total. The summed E-state index contributed by atoms with van der Waals surface area (Å²) in [6.07, 6.45) is 47.3. The lowest BCUT2D eigenvalue weighted by Crippen LogP contribution is -2.09. The molecule has 0 saturated carbocycles. The molecule has 74 heavy (non-hydrogen) atoms. The highest BCUT2D eigenvalue weighted by molar-refractivity contribution is 8.87. The van der Waals surface area contributed by atoms with E-state index in [-0.39, 0.29) is 46.9 Å². The van der Waals surface area contributed by atoms with Crippen molar-refractivity contribution in [2.45, 2.75) is 285 Å². The van der Waals surface area contributed by atoms with Crippen molar-refractivity contribution in [3.63, 3.8) is 0 Å². The summed E-state index contributed by atoms with van der Waals surface area (Å²) < 4.78 is 34.8. The van der Waals surface area contributed by atoms with Crippen molar-refractivity contribution < 1.29 is 47.2 Å². The van der Waals surface area contributed by atoms with Crippen LogP contribution < -0.4 is 0 Å². The van der Waals surface area contributed by atoms with E-state index in [2.05, 4.69) is 27.7 Å². The van der Waals surface area contributed by atoms with Gasteiger partial charge >= 0.3 is 23.9 Å². The van der Waals surface area contributed by atoms with Crippen LogP contribution in [-0.4, -0.2) is 86.5 Å². The van der Waals surface area contributed by atoms with Crippen LogP contribution in [0.2, 0.25) is 0 Å². The van der Waals surface area contributed by atoms with Gasteiger partial charge in [0.2, 0.25) is 0 Å². The lowest BCUT2D eigenvalue weighted by Gasteiger charge is -2.16. The zero-order valence-electron chi connectivity index (χ0n) is 48.0. The van der Waals surface area contributed by atoms with E-state index in [4.69, 9.17) is 28.0 Å². The number of ether oxygens (including phenoxy) is 4. The molecule has 0 aromatic heterocycles. The molecule has 0 atom stereocenters. The van der Waals surface area contributed by atoms with Crippen molar-refractivity contribution in [2.24, 2.45) is 0 Å². The van der Waals surface area contributed by atoms with Gasteiger partial charge in [0, 0.05) is 0 Å². The molecular formula is C58H112O10P2S4. The third-order valence-corrected chi connectivity index (χ3v) is 24.9. The highest BCUT2D eigenvalue weighted by atomic mass is 33.1. The Morgan fingerprint density at radius 3 is 0.595 bits per heavy atom. The molecule has 0 amide bonds. The normalized spacial score (nSPS) is 11.5. The minimum absolute atomic E-state index is 0.202. The molecule has 0 bridgehead atoms. The molecule has 0 aliphatic rings. The molecule has 0 aliphatic carbocycles. The Kier molecular flexibility index (Phi) is 62.3. The fourth-order valence-electron chi connectivity index (χ4n) is 8.04. The molecule has 10 nitrogen and oxygen atoms in total. The van der Waals surface area contributed by atoms with Crippen LogP contribution in [0.1, 0.15) is 285 Å². The minimum Gasteiger partial charge on any atom is -0.465 e. The average molecular weight is 1160 g/mol. The second-order valence-corrected chi connectivity index (χ2v) is 31.9. The summed E-state index contributed by atoms with van der Waals surface area (Å²) in [6, 6.07) is 0. The Balaban J connectivity index is 4.86. The van der Waals surface area contributed by atoms with Crippen molar-refractivity contribution in [2.75, 3.05) is 62.7 Å². The molecule has 0 heterocycles. The van der Waals surface area contributed by atoms with Gasteiger partial charge in [0.15, 0.2) is 13.1 Å². The van der Waals surface area contributed by atoms with E-state index in [9.17, 15) is 19.2 Å². The van der Waals surface area contributed by atoms with Crippen LogP contribution >= 0.6 is 58.6 Å². The van der Waals surface area contributed by atoms with Crippen LogP contribution in [0.3, 0.4) is 0 Å². The van der Waals surface area contributed by atoms with Gasteiger partial charge in [0.25, 0.3) is 0 Å². The van der Waals surface area contributed by atoms with Gasteiger partial charge in [-0.2, -0.15) is 0 Å². The second-order valence-electron chi connectivity index (χ2n) is 19.8. The summed E-state index contributed by atoms with van der Waals surface area (Å²) in [7, 11) is 0. The molecular weight excluding hydrogens is 1050 g/mol. The number of hydrogen-bond donors (Lipinski definition) is 0. The van der Waals surface area contributed by atoms with E-state index in [1.807, 2.05) is 0 Å². The molecule has 0 fully saturated rings. The first-order valence-electron chi connectivity index (χ1n) is 30.4. The molecule has 0 radical (unpaired) electrons. The predicted molar refractivity (Wildman–Crippen MR) is 327 cm³/mol. The third-order valence-electron chi connectivity index (χ3n) is 12.6. The number of esters is 4. The van der Waals surface area contributed by atoms with Gasteiger partial charge in [0.1, 0.15) is 0 Å². The number of carbonyl (C=O) groups excluding carboxylic acids is 4. The Labute approximate surface area is 474 Å². The number of rotatable bonds is 61. The van der Waals surface area contributed by atoms with Crippen molar-refractivity contribution in [1.82, 2.24) is 0 Å². The molecule has 0 unspecified atom stereocenters. The van der Waals surface area contributed by atoms with Gasteiger partial charge in [-0.3, -0.25) is 19.2 Å². The SMILES string of the molecule is CCCCCCCCCCCOC(=O)CSP(OCCCCCCOP(SCC(=O)OCCCCCCCCCCC)SCC(=O)OCCCCCCCCCCC)SCC(=O)OCCCCCCCCCCC. The number of carbonyl (C=O) groups is 4. The lowest BCUT2D eigenvalue weighted by atomic mass is 10.1. The van der Waals surface area contributed by atoms with Crippen molar-refractivity contribution in [3.8, 4) is 0 Å². The topological polar surface area (TPSA) is 124 Å². The van der Waals surface area contributed by atoms with Crippen molar-refractivity contribution in [3.05, 3.63) is 0 Å². The molecule has 0 aromatic rings. The first-order chi connectivity index (χ1) is 36.4. The Morgan fingerprint density at radius 2 is 0.405 bits per heavy atom. The molecule has 0 rings (SSSR count). The maximum Gasteiger partial charge on any atom is 0.316 e. The Bertz CT molecular complexity index is 1060. The van der Waals surface area contributed by atoms with E-state index in [0.29, 0.717) is 39.6 Å². The van der Waals surface area contributed by atoms with Crippen LogP contribution in [0.5, 0.6) is 0 Å². The van der Waals surface area contributed by atoms with E-state index in [1.165, 1.54) is 225 Å². The minimum atomic E-state index is -1.14. The lowest BCUT2D eigenvalue weighted by molar-refractivity contribution is -0.141. The first-order valence-corrected chi connectivity index (χ1v) is 39.2. The zero-order chi connectivity index (χ0) is 53.9. The second kappa shape index (κ2) is 62.3. The Hall–Kier alpha value is 0.0600. The highest BCUT2D eigenvalue weighted by Gasteiger charge is 2.19. The summed E-state index contributed by atoms with van der Waals surface area (Å²) in [6.45, 7) is 9.57. The highest BCUT2D eigenvalue weighted by Crippen LogP contribution is 2.62. The van der Waals surface area contributed by atoms with Crippen LogP contribution in [0.15, 0.2) is 0 Å². The van der Waals surface area contributed by atoms with Gasteiger partial charge in [-0.05, 0) is 38.5 Å².